The third kappa shape index (κ3) is 10.3. The standard InChI is InChI=1S/C29H34F2N4O.C15H15ClF2N2.C14H20N2O/c1-19-27(26-23(31)15-20(30)16-24(26)32-28(19)34-9-5-4-6-10-34)35-18-29(2,3)22-8-7-21(17-25(22)35)33-11-13-36-14-12-33;1-9-14(16)13-11(18)7-10(17)8-12(13)19-15(9)20-5-3-2-4-6-20;1-14(2)10-15-13-9-11(3-4-12(13)14)16-5-7-17-8-6-16/h7-8,15-17H,4-6,9-14,18H2,1-3H3;7-8H,2-6H2,1H3;3-4,9,15H,5-8,10H2,1-2H3. The molecule has 10 nitrogen and oxygen atoms in total. The van der Waals surface area contributed by atoms with E-state index in [1.807, 2.05) is 13.8 Å². The first-order valence-corrected chi connectivity index (χ1v) is 26.7. The molecule has 6 aliphatic heterocycles. The number of halogens is 5. The number of rotatable bonds is 5. The second kappa shape index (κ2) is 21.0. The maximum absolute atomic E-state index is 15.5. The molecule has 0 spiro atoms. The molecule has 6 aromatic rings. The van der Waals surface area contributed by atoms with Gasteiger partial charge in [-0.1, -0.05) is 51.4 Å². The Labute approximate surface area is 432 Å². The van der Waals surface area contributed by atoms with E-state index in [1.54, 1.807) is 0 Å². The minimum Gasteiger partial charge on any atom is -0.384 e. The Hall–Kier alpha value is -5.57. The summed E-state index contributed by atoms with van der Waals surface area (Å²) in [5.74, 6) is -0.858. The summed E-state index contributed by atoms with van der Waals surface area (Å²) in [6, 6.07) is 17.9. The van der Waals surface area contributed by atoms with Crippen molar-refractivity contribution in [2.24, 2.45) is 0 Å². The summed E-state index contributed by atoms with van der Waals surface area (Å²) in [4.78, 5) is 20.7. The monoisotopic (exact) mass is 1020 g/mol. The molecule has 1 N–H and O–H groups in total. The van der Waals surface area contributed by atoms with Crippen LogP contribution in [0.15, 0.2) is 60.7 Å². The van der Waals surface area contributed by atoms with Crippen molar-refractivity contribution >= 4 is 73.5 Å². The Morgan fingerprint density at radius 1 is 0.548 bits per heavy atom. The van der Waals surface area contributed by atoms with E-state index < -0.39 is 23.3 Å². The second-order valence-corrected chi connectivity index (χ2v) is 22.2. The number of piperidine rings is 2. The predicted octanol–water partition coefficient (Wildman–Crippen LogP) is 12.8. The number of pyridine rings is 2. The first-order chi connectivity index (χ1) is 35.1. The van der Waals surface area contributed by atoms with Crippen LogP contribution in [0.1, 0.15) is 88.5 Å². The quantitative estimate of drug-likeness (QED) is 0.169. The lowest BCUT2D eigenvalue weighted by atomic mass is 9.87. The van der Waals surface area contributed by atoms with Crippen molar-refractivity contribution in [3.8, 4) is 0 Å². The Morgan fingerprint density at radius 3 is 1.60 bits per heavy atom. The van der Waals surface area contributed by atoms with Crippen molar-refractivity contribution in [3.05, 3.63) is 111 Å². The van der Waals surface area contributed by atoms with Crippen LogP contribution in [0.2, 0.25) is 5.02 Å². The highest BCUT2D eigenvalue weighted by atomic mass is 35.5. The molecule has 0 radical (unpaired) electrons. The van der Waals surface area contributed by atoms with Crippen LogP contribution in [0, 0.1) is 37.1 Å². The van der Waals surface area contributed by atoms with Gasteiger partial charge >= 0.3 is 0 Å². The average molecular weight is 1020 g/mol. The molecule has 4 aromatic carbocycles. The zero-order valence-electron chi connectivity index (χ0n) is 43.3. The molecule has 4 saturated heterocycles. The summed E-state index contributed by atoms with van der Waals surface area (Å²) in [6.07, 6.45) is 6.84. The van der Waals surface area contributed by atoms with Crippen molar-refractivity contribution in [1.82, 2.24) is 9.97 Å². The lowest BCUT2D eigenvalue weighted by molar-refractivity contribution is 0.122. The SMILES string of the molecule is CC1(C)CNc2cc(N3CCOCC3)ccc21.Cc1c(N2CCCCC2)nc2cc(F)cc(F)c2c1Cl.Cc1c(N2CCCCC2)nc2cc(F)cc(F)c2c1N1CC(C)(C)c2ccc(N3CCOCC3)cc21. The van der Waals surface area contributed by atoms with Crippen molar-refractivity contribution in [2.75, 3.05) is 122 Å². The van der Waals surface area contributed by atoms with Gasteiger partial charge < -0.3 is 39.3 Å². The molecule has 4 fully saturated rings. The largest absolute Gasteiger partial charge is 0.384 e. The Balaban J connectivity index is 0.000000139. The van der Waals surface area contributed by atoms with Crippen LogP contribution in [-0.4, -0.2) is 102 Å². The summed E-state index contributed by atoms with van der Waals surface area (Å²) < 4.78 is 68.1. The number of aromatic nitrogens is 2. The lowest BCUT2D eigenvalue weighted by Gasteiger charge is -2.33. The average Bonchev–Trinajstić information content (AvgIpc) is 3.85. The number of morpholine rings is 2. The van der Waals surface area contributed by atoms with E-state index in [-0.39, 0.29) is 21.7 Å². The number of hydrogen-bond donors (Lipinski definition) is 1. The van der Waals surface area contributed by atoms with Crippen LogP contribution in [0.5, 0.6) is 0 Å². The highest BCUT2D eigenvalue weighted by molar-refractivity contribution is 6.36. The van der Waals surface area contributed by atoms with Gasteiger partial charge in [0.2, 0.25) is 0 Å². The predicted molar refractivity (Wildman–Crippen MR) is 290 cm³/mol. The number of nitrogens with zero attached hydrogens (tertiary/aromatic N) is 7. The third-order valence-corrected chi connectivity index (χ3v) is 16.1. The van der Waals surface area contributed by atoms with Gasteiger partial charge in [0.1, 0.15) is 34.9 Å². The maximum Gasteiger partial charge on any atom is 0.137 e. The molecule has 73 heavy (non-hydrogen) atoms. The number of benzene rings is 4. The van der Waals surface area contributed by atoms with E-state index in [0.29, 0.717) is 22.5 Å². The summed E-state index contributed by atoms with van der Waals surface area (Å²) in [6.45, 7) is 25.2. The van der Waals surface area contributed by atoms with Gasteiger partial charge in [0.15, 0.2) is 0 Å². The van der Waals surface area contributed by atoms with Gasteiger partial charge in [-0.3, -0.25) is 0 Å². The number of hydrogen-bond acceptors (Lipinski definition) is 10. The van der Waals surface area contributed by atoms with E-state index in [9.17, 15) is 13.2 Å². The van der Waals surface area contributed by atoms with Gasteiger partial charge in [-0.05, 0) is 87.8 Å². The van der Waals surface area contributed by atoms with E-state index in [4.69, 9.17) is 26.1 Å². The van der Waals surface area contributed by atoms with Crippen molar-refractivity contribution in [1.29, 1.82) is 0 Å². The molecule has 0 unspecified atom stereocenters. The molecule has 8 heterocycles. The molecule has 12 rings (SSSR count). The Bertz CT molecular complexity index is 3000. The van der Waals surface area contributed by atoms with E-state index in [0.717, 1.165) is 163 Å². The summed E-state index contributed by atoms with van der Waals surface area (Å²) in [5.41, 5.74) is 10.9. The number of anilines is 7. The molecule has 2 aromatic heterocycles. The van der Waals surface area contributed by atoms with Crippen molar-refractivity contribution in [3.63, 3.8) is 0 Å². The Kier molecular flexibility index (Phi) is 14.6. The zero-order chi connectivity index (χ0) is 51.2. The second-order valence-electron chi connectivity index (χ2n) is 21.8. The lowest BCUT2D eigenvalue weighted by Crippen LogP contribution is -2.36. The molecule has 388 valence electrons. The van der Waals surface area contributed by atoms with Gasteiger partial charge in [0.25, 0.3) is 0 Å². The molecule has 0 amide bonds. The molecule has 15 heteroatoms. The van der Waals surface area contributed by atoms with Crippen LogP contribution < -0.4 is 29.8 Å². The van der Waals surface area contributed by atoms with Crippen molar-refractivity contribution < 1.29 is 27.0 Å². The summed E-state index contributed by atoms with van der Waals surface area (Å²) in [7, 11) is 0. The third-order valence-electron chi connectivity index (χ3n) is 15.7. The molecular weight excluding hydrogens is 952 g/mol. The fourth-order valence-electron chi connectivity index (χ4n) is 11.7. The molecule has 0 atom stereocenters. The van der Waals surface area contributed by atoms with Crippen LogP contribution in [0.3, 0.4) is 0 Å². The molecule has 0 saturated carbocycles. The maximum atomic E-state index is 15.5. The van der Waals surface area contributed by atoms with Gasteiger partial charge in [0.05, 0.1) is 58.9 Å². The van der Waals surface area contributed by atoms with Crippen LogP contribution >= 0.6 is 11.6 Å². The van der Waals surface area contributed by atoms with E-state index in [2.05, 4.69) is 98.9 Å². The number of ether oxygens (including phenoxy) is 2. The van der Waals surface area contributed by atoms with Crippen LogP contribution in [0.25, 0.3) is 21.8 Å². The number of nitrogens with one attached hydrogen (secondary N) is 1. The van der Waals surface area contributed by atoms with E-state index >= 15 is 4.39 Å². The van der Waals surface area contributed by atoms with Gasteiger partial charge in [-0.15, -0.1) is 0 Å². The molecular formula is C58H69ClF4N8O2. The smallest absolute Gasteiger partial charge is 0.137 e. The summed E-state index contributed by atoms with van der Waals surface area (Å²) in [5, 5.41) is 4.44. The fourth-order valence-corrected chi connectivity index (χ4v) is 12.0. The van der Waals surface area contributed by atoms with Crippen LogP contribution in [0.4, 0.5) is 57.6 Å². The highest BCUT2D eigenvalue weighted by Crippen LogP contribution is 2.50. The van der Waals surface area contributed by atoms with Gasteiger partial charge in [-0.25, -0.2) is 27.5 Å². The number of fused-ring (bicyclic) bond motifs is 4. The van der Waals surface area contributed by atoms with Crippen LogP contribution in [-0.2, 0) is 20.3 Å². The Morgan fingerprint density at radius 2 is 1.04 bits per heavy atom. The van der Waals surface area contributed by atoms with Gasteiger partial charge in [-0.2, -0.15) is 0 Å². The summed E-state index contributed by atoms with van der Waals surface area (Å²) >= 11 is 6.28. The highest BCUT2D eigenvalue weighted by Gasteiger charge is 2.39. The molecule has 0 bridgehead atoms. The fraction of sp³-hybridized carbons (Fsp3) is 0.483. The minimum absolute atomic E-state index is 0.122. The minimum atomic E-state index is -0.661. The molecule has 0 aliphatic carbocycles. The molecule has 6 aliphatic rings. The van der Waals surface area contributed by atoms with Gasteiger partial charge in [0, 0.05) is 134 Å². The first kappa shape index (κ1) is 50.9. The normalized spacial score (nSPS) is 19.2. The van der Waals surface area contributed by atoms with Crippen molar-refractivity contribution in [2.45, 2.75) is 90.9 Å². The topological polar surface area (TPSA) is 72.5 Å². The first-order valence-electron chi connectivity index (χ1n) is 26.3. The van der Waals surface area contributed by atoms with E-state index in [1.165, 1.54) is 47.5 Å². The zero-order valence-corrected chi connectivity index (χ0v) is 44.0.